The van der Waals surface area contributed by atoms with Crippen molar-refractivity contribution in [1.82, 2.24) is 4.90 Å². The van der Waals surface area contributed by atoms with Crippen LogP contribution in [0.3, 0.4) is 0 Å². The van der Waals surface area contributed by atoms with E-state index in [2.05, 4.69) is 5.32 Å². The van der Waals surface area contributed by atoms with Crippen LogP contribution in [0.5, 0.6) is 0 Å². The second-order valence-electron chi connectivity index (χ2n) is 7.93. The molecule has 0 aliphatic carbocycles. The van der Waals surface area contributed by atoms with Crippen molar-refractivity contribution in [3.8, 4) is 0 Å². The monoisotopic (exact) mass is 494 g/mol. The lowest BCUT2D eigenvalue weighted by atomic mass is 10.1. The van der Waals surface area contributed by atoms with Gasteiger partial charge in [0.15, 0.2) is 0 Å². The van der Waals surface area contributed by atoms with Gasteiger partial charge in [-0.3, -0.25) is 24.2 Å². The van der Waals surface area contributed by atoms with Gasteiger partial charge in [0, 0.05) is 30.2 Å². The summed E-state index contributed by atoms with van der Waals surface area (Å²) in [6.07, 6.45) is -0.371. The molecule has 2 aliphatic heterocycles. The smallest absolute Gasteiger partial charge is 0.267 e. The fraction of sp³-hybridized carbons (Fsp3) is 0.208. The van der Waals surface area contributed by atoms with Gasteiger partial charge in [0.2, 0.25) is 5.91 Å². The molecule has 1 saturated heterocycles. The molecular formula is C24H20N3O5S2-. The fourth-order valence-corrected chi connectivity index (χ4v) is 5.27. The summed E-state index contributed by atoms with van der Waals surface area (Å²) in [6.45, 7) is 3.47. The van der Waals surface area contributed by atoms with Crippen LogP contribution in [0.4, 0.5) is 11.4 Å². The number of hydrogen-bond donors (Lipinski definition) is 1. The van der Waals surface area contributed by atoms with Crippen LogP contribution in [-0.4, -0.2) is 46.0 Å². The SMILES string of the molecule is Cc1ccc(NC(=O)CN2C(=O)/C(=C3\SC(=S)N(CCC(=O)[O-])C3=O)c3ccccc32)c(C)c1. The Hall–Kier alpha value is -3.50. The van der Waals surface area contributed by atoms with Crippen molar-refractivity contribution in [3.63, 3.8) is 0 Å². The second-order valence-corrected chi connectivity index (χ2v) is 9.57. The summed E-state index contributed by atoms with van der Waals surface area (Å²) in [5.41, 5.74) is 3.82. The minimum atomic E-state index is -1.30. The normalized spacial score (nSPS) is 17.4. The number of benzene rings is 2. The minimum Gasteiger partial charge on any atom is -0.550 e. The van der Waals surface area contributed by atoms with Crippen LogP contribution < -0.4 is 15.3 Å². The molecule has 1 fully saturated rings. The van der Waals surface area contributed by atoms with E-state index in [4.69, 9.17) is 12.2 Å². The summed E-state index contributed by atoms with van der Waals surface area (Å²) in [5.74, 6) is -2.70. The van der Waals surface area contributed by atoms with Crippen molar-refractivity contribution in [2.75, 3.05) is 23.3 Å². The molecule has 1 N–H and O–H groups in total. The van der Waals surface area contributed by atoms with Crippen LogP contribution in [0.2, 0.25) is 0 Å². The first kappa shape index (κ1) is 23.7. The van der Waals surface area contributed by atoms with Crippen LogP contribution in [0.1, 0.15) is 23.1 Å². The van der Waals surface area contributed by atoms with E-state index < -0.39 is 17.8 Å². The molecule has 0 unspecified atom stereocenters. The summed E-state index contributed by atoms with van der Waals surface area (Å²) in [4.78, 5) is 52.7. The number of rotatable bonds is 6. The number of carboxylic acids is 1. The first-order valence-electron chi connectivity index (χ1n) is 10.4. The molecule has 0 bridgehead atoms. The number of anilines is 2. The zero-order valence-electron chi connectivity index (χ0n) is 18.4. The highest BCUT2D eigenvalue weighted by molar-refractivity contribution is 8.26. The molecule has 2 aromatic carbocycles. The van der Waals surface area contributed by atoms with Gasteiger partial charge in [-0.05, 0) is 31.5 Å². The molecule has 3 amide bonds. The Bertz CT molecular complexity index is 1290. The van der Waals surface area contributed by atoms with Gasteiger partial charge in [-0.25, -0.2) is 0 Å². The van der Waals surface area contributed by atoms with E-state index in [1.807, 2.05) is 32.0 Å². The molecular weight excluding hydrogens is 474 g/mol. The summed E-state index contributed by atoms with van der Waals surface area (Å²) in [5, 5.41) is 13.7. The highest BCUT2D eigenvalue weighted by Gasteiger charge is 2.42. The molecule has 4 rings (SSSR count). The molecule has 0 aromatic heterocycles. The molecule has 34 heavy (non-hydrogen) atoms. The molecule has 2 heterocycles. The van der Waals surface area contributed by atoms with E-state index in [0.29, 0.717) is 16.9 Å². The number of thioether (sulfide) groups is 1. The predicted octanol–water partition coefficient (Wildman–Crippen LogP) is 2.00. The number of amides is 3. The number of aryl methyl sites for hydroxylation is 2. The average Bonchev–Trinajstić information content (AvgIpc) is 3.21. The maximum absolute atomic E-state index is 13.4. The number of aliphatic carboxylic acids is 1. The van der Waals surface area contributed by atoms with Crippen LogP contribution in [-0.2, 0) is 19.2 Å². The van der Waals surface area contributed by atoms with E-state index in [-0.39, 0.29) is 40.2 Å². The Morgan fingerprint density at radius 1 is 1.06 bits per heavy atom. The Kier molecular flexibility index (Phi) is 6.54. The molecule has 0 radical (unpaired) electrons. The standard InChI is InChI=1S/C24H21N3O5S2/c1-13-7-8-16(14(2)11-13)25-18(28)12-27-17-6-4-3-5-15(17)20(22(27)31)21-23(32)26(24(33)34-21)10-9-19(29)30/h3-8,11H,9-10,12H2,1-2H3,(H,25,28)(H,29,30)/p-1/b21-20-. The van der Waals surface area contributed by atoms with Crippen molar-refractivity contribution in [2.45, 2.75) is 20.3 Å². The van der Waals surface area contributed by atoms with Crippen molar-refractivity contribution < 1.29 is 24.3 Å². The lowest BCUT2D eigenvalue weighted by Crippen LogP contribution is -2.36. The second kappa shape index (κ2) is 9.40. The van der Waals surface area contributed by atoms with E-state index in [1.165, 1.54) is 4.90 Å². The number of hydrogen-bond acceptors (Lipinski definition) is 7. The molecule has 2 aromatic rings. The summed E-state index contributed by atoms with van der Waals surface area (Å²) in [6, 6.07) is 12.6. The predicted molar refractivity (Wildman–Crippen MR) is 132 cm³/mol. The number of fused-ring (bicyclic) bond motifs is 1. The van der Waals surface area contributed by atoms with Crippen molar-refractivity contribution in [3.05, 3.63) is 64.1 Å². The summed E-state index contributed by atoms with van der Waals surface area (Å²) in [7, 11) is 0. The average molecular weight is 495 g/mol. The Labute approximate surface area is 205 Å². The number of thiocarbonyl (C=S) groups is 1. The topological polar surface area (TPSA) is 110 Å². The number of carbonyl (C=O) groups is 4. The summed E-state index contributed by atoms with van der Waals surface area (Å²) < 4.78 is 0.171. The molecule has 0 atom stereocenters. The van der Waals surface area contributed by atoms with Gasteiger partial charge in [-0.15, -0.1) is 0 Å². The van der Waals surface area contributed by atoms with E-state index in [9.17, 15) is 24.3 Å². The zero-order chi connectivity index (χ0) is 24.6. The molecule has 0 saturated carbocycles. The van der Waals surface area contributed by atoms with Gasteiger partial charge in [-0.1, -0.05) is 59.9 Å². The number of nitrogens with zero attached hydrogens (tertiary/aromatic N) is 2. The number of para-hydroxylation sites is 1. The largest absolute Gasteiger partial charge is 0.550 e. The summed E-state index contributed by atoms with van der Waals surface area (Å²) >= 11 is 6.20. The number of nitrogens with one attached hydrogen (secondary N) is 1. The zero-order valence-corrected chi connectivity index (χ0v) is 20.0. The minimum absolute atomic E-state index is 0.123. The first-order valence-corrected chi connectivity index (χ1v) is 11.7. The highest BCUT2D eigenvalue weighted by Crippen LogP contribution is 2.44. The highest BCUT2D eigenvalue weighted by atomic mass is 32.2. The number of carboxylic acid groups (broad SMARTS) is 1. The van der Waals surface area contributed by atoms with E-state index in [1.54, 1.807) is 24.3 Å². The van der Waals surface area contributed by atoms with Crippen LogP contribution in [0.25, 0.3) is 5.57 Å². The van der Waals surface area contributed by atoms with Gasteiger partial charge in [0.1, 0.15) is 10.9 Å². The first-order chi connectivity index (χ1) is 16.2. The van der Waals surface area contributed by atoms with Crippen molar-refractivity contribution >= 4 is 68.9 Å². The molecule has 174 valence electrons. The fourth-order valence-electron chi connectivity index (χ4n) is 3.89. The third kappa shape index (κ3) is 4.46. The lowest BCUT2D eigenvalue weighted by molar-refractivity contribution is -0.305. The van der Waals surface area contributed by atoms with Crippen LogP contribution >= 0.6 is 24.0 Å². The molecule has 0 spiro atoms. The van der Waals surface area contributed by atoms with Gasteiger partial charge in [-0.2, -0.15) is 0 Å². The van der Waals surface area contributed by atoms with Crippen LogP contribution in [0.15, 0.2) is 47.4 Å². The van der Waals surface area contributed by atoms with Crippen LogP contribution in [0, 0.1) is 13.8 Å². The maximum Gasteiger partial charge on any atom is 0.267 e. The van der Waals surface area contributed by atoms with Gasteiger partial charge < -0.3 is 15.2 Å². The molecule has 8 nitrogen and oxygen atoms in total. The Morgan fingerprint density at radius 3 is 2.50 bits per heavy atom. The third-order valence-corrected chi connectivity index (χ3v) is 6.94. The molecule has 2 aliphatic rings. The quantitative estimate of drug-likeness (QED) is 0.483. The van der Waals surface area contributed by atoms with Crippen molar-refractivity contribution in [1.29, 1.82) is 0 Å². The number of carbonyl (C=O) groups excluding carboxylic acids is 4. The lowest BCUT2D eigenvalue weighted by Gasteiger charge is -2.17. The van der Waals surface area contributed by atoms with Crippen molar-refractivity contribution in [2.24, 2.45) is 0 Å². The Balaban J connectivity index is 1.62. The van der Waals surface area contributed by atoms with E-state index in [0.717, 1.165) is 27.8 Å². The third-order valence-electron chi connectivity index (χ3n) is 5.50. The van der Waals surface area contributed by atoms with Gasteiger partial charge in [0.25, 0.3) is 11.8 Å². The Morgan fingerprint density at radius 2 is 1.79 bits per heavy atom. The molecule has 10 heteroatoms. The van der Waals surface area contributed by atoms with Gasteiger partial charge in [0.05, 0.1) is 16.2 Å². The van der Waals surface area contributed by atoms with E-state index >= 15 is 0 Å². The maximum atomic E-state index is 13.4. The van der Waals surface area contributed by atoms with Gasteiger partial charge >= 0.3 is 0 Å².